The monoisotopic (exact) mass is 262 g/mol. The zero-order valence-electron chi connectivity index (χ0n) is 12.2. The molecule has 0 amide bonds. The van der Waals surface area contributed by atoms with Gasteiger partial charge in [-0.15, -0.1) is 0 Å². The van der Waals surface area contributed by atoms with Crippen LogP contribution in [-0.2, 0) is 0 Å². The van der Waals surface area contributed by atoms with Gasteiger partial charge in [0.15, 0.2) is 0 Å². The first-order valence-corrected chi connectivity index (χ1v) is 7.45. The molecule has 0 aromatic carbocycles. The first-order chi connectivity index (χ1) is 9.33. The van der Waals surface area contributed by atoms with Crippen molar-refractivity contribution in [2.75, 3.05) is 44.2 Å². The molecule has 4 nitrogen and oxygen atoms in total. The Morgan fingerprint density at radius 3 is 2.58 bits per heavy atom. The lowest BCUT2D eigenvalue weighted by Gasteiger charge is -2.37. The SMILES string of the molecule is CCNC(CC)CN1CCN(c2ccccn2)CC1. The van der Waals surface area contributed by atoms with Crippen molar-refractivity contribution in [3.8, 4) is 0 Å². The predicted octanol–water partition coefficient (Wildman–Crippen LogP) is 1.59. The van der Waals surface area contributed by atoms with Crippen LogP contribution < -0.4 is 10.2 Å². The van der Waals surface area contributed by atoms with Crippen LogP contribution in [0.4, 0.5) is 5.82 Å². The normalized spacial score (nSPS) is 18.5. The van der Waals surface area contributed by atoms with E-state index in [2.05, 4.69) is 46.1 Å². The van der Waals surface area contributed by atoms with Crippen LogP contribution in [0.5, 0.6) is 0 Å². The molecule has 0 bridgehead atoms. The van der Waals surface area contributed by atoms with E-state index in [0.717, 1.165) is 38.5 Å². The molecule has 1 atom stereocenters. The minimum absolute atomic E-state index is 0.631. The van der Waals surface area contributed by atoms with Gasteiger partial charge >= 0.3 is 0 Å². The molecule has 1 fully saturated rings. The van der Waals surface area contributed by atoms with Gasteiger partial charge in [0.2, 0.25) is 0 Å². The van der Waals surface area contributed by atoms with E-state index >= 15 is 0 Å². The van der Waals surface area contributed by atoms with E-state index in [0.29, 0.717) is 6.04 Å². The number of hydrogen-bond acceptors (Lipinski definition) is 4. The van der Waals surface area contributed by atoms with Crippen molar-refractivity contribution in [1.29, 1.82) is 0 Å². The largest absolute Gasteiger partial charge is 0.354 e. The van der Waals surface area contributed by atoms with Crippen molar-refractivity contribution in [1.82, 2.24) is 15.2 Å². The minimum Gasteiger partial charge on any atom is -0.354 e. The molecule has 1 N–H and O–H groups in total. The molecule has 1 aromatic rings. The van der Waals surface area contributed by atoms with E-state index in [1.165, 1.54) is 13.0 Å². The Bertz CT molecular complexity index is 346. The number of nitrogens with one attached hydrogen (secondary N) is 1. The first kappa shape index (κ1) is 14.3. The van der Waals surface area contributed by atoms with Crippen molar-refractivity contribution >= 4 is 5.82 Å². The Kier molecular flexibility index (Phi) is 5.61. The second-order valence-electron chi connectivity index (χ2n) is 5.14. The number of aromatic nitrogens is 1. The molecule has 2 rings (SSSR count). The van der Waals surface area contributed by atoms with E-state index in [1.54, 1.807) is 0 Å². The molecule has 0 aliphatic carbocycles. The van der Waals surface area contributed by atoms with E-state index in [-0.39, 0.29) is 0 Å². The van der Waals surface area contributed by atoms with E-state index < -0.39 is 0 Å². The Balaban J connectivity index is 1.79. The summed E-state index contributed by atoms with van der Waals surface area (Å²) in [6, 6.07) is 6.77. The number of rotatable bonds is 6. The van der Waals surface area contributed by atoms with Gasteiger partial charge < -0.3 is 10.2 Å². The molecule has 1 unspecified atom stereocenters. The Morgan fingerprint density at radius 2 is 2.00 bits per heavy atom. The molecule has 0 spiro atoms. The highest BCUT2D eigenvalue weighted by atomic mass is 15.3. The second-order valence-corrected chi connectivity index (χ2v) is 5.14. The standard InChI is InChI=1S/C15H26N4/c1-3-14(16-4-2)13-18-9-11-19(12-10-18)15-7-5-6-8-17-15/h5-8,14,16H,3-4,9-13H2,1-2H3. The van der Waals surface area contributed by atoms with E-state index in [9.17, 15) is 0 Å². The number of hydrogen-bond donors (Lipinski definition) is 1. The number of nitrogens with zero attached hydrogens (tertiary/aromatic N) is 3. The van der Waals surface area contributed by atoms with E-state index in [4.69, 9.17) is 0 Å². The summed E-state index contributed by atoms with van der Waals surface area (Å²) in [6.07, 6.45) is 3.08. The van der Waals surface area contributed by atoms with Gasteiger partial charge in [-0.05, 0) is 25.1 Å². The van der Waals surface area contributed by atoms with Crippen molar-refractivity contribution < 1.29 is 0 Å². The highest BCUT2D eigenvalue weighted by molar-refractivity contribution is 5.38. The average Bonchev–Trinajstić information content (AvgIpc) is 2.48. The summed E-state index contributed by atoms with van der Waals surface area (Å²) in [5.41, 5.74) is 0. The summed E-state index contributed by atoms with van der Waals surface area (Å²) in [7, 11) is 0. The molecular weight excluding hydrogens is 236 g/mol. The van der Waals surface area contributed by atoms with Gasteiger partial charge in [-0.2, -0.15) is 0 Å². The quantitative estimate of drug-likeness (QED) is 0.843. The Morgan fingerprint density at radius 1 is 1.21 bits per heavy atom. The molecule has 1 aliphatic heterocycles. The number of likely N-dealkylation sites (N-methyl/N-ethyl adjacent to an activating group) is 1. The number of anilines is 1. The van der Waals surface area contributed by atoms with Gasteiger partial charge in [-0.3, -0.25) is 4.90 Å². The van der Waals surface area contributed by atoms with Crippen molar-refractivity contribution in [2.45, 2.75) is 26.3 Å². The van der Waals surface area contributed by atoms with E-state index in [1.807, 2.05) is 12.3 Å². The van der Waals surface area contributed by atoms with Gasteiger partial charge in [0.1, 0.15) is 5.82 Å². The van der Waals surface area contributed by atoms with Crippen LogP contribution in [0, 0.1) is 0 Å². The fourth-order valence-corrected chi connectivity index (χ4v) is 2.64. The number of pyridine rings is 1. The van der Waals surface area contributed by atoms with Crippen LogP contribution in [0.3, 0.4) is 0 Å². The summed E-state index contributed by atoms with van der Waals surface area (Å²) in [5.74, 6) is 1.11. The molecule has 0 radical (unpaired) electrons. The number of piperazine rings is 1. The van der Waals surface area contributed by atoms with Gasteiger partial charge in [0, 0.05) is 45.0 Å². The van der Waals surface area contributed by atoms with Crippen LogP contribution in [0.2, 0.25) is 0 Å². The van der Waals surface area contributed by atoms with Crippen LogP contribution >= 0.6 is 0 Å². The third-order valence-corrected chi connectivity index (χ3v) is 3.81. The highest BCUT2D eigenvalue weighted by Gasteiger charge is 2.19. The topological polar surface area (TPSA) is 31.4 Å². The van der Waals surface area contributed by atoms with Crippen LogP contribution in [-0.4, -0.2) is 55.2 Å². The third kappa shape index (κ3) is 4.18. The molecule has 0 saturated carbocycles. The Labute approximate surface area is 116 Å². The maximum atomic E-state index is 4.43. The zero-order valence-corrected chi connectivity index (χ0v) is 12.2. The van der Waals surface area contributed by atoms with Gasteiger partial charge in [0.25, 0.3) is 0 Å². The molecule has 1 aromatic heterocycles. The molecule has 4 heteroatoms. The predicted molar refractivity (Wildman–Crippen MR) is 80.6 cm³/mol. The lowest BCUT2D eigenvalue weighted by molar-refractivity contribution is 0.227. The van der Waals surface area contributed by atoms with Crippen LogP contribution in [0.15, 0.2) is 24.4 Å². The third-order valence-electron chi connectivity index (χ3n) is 3.81. The van der Waals surface area contributed by atoms with Crippen LogP contribution in [0.25, 0.3) is 0 Å². The molecule has 1 aliphatic rings. The Hall–Kier alpha value is -1.13. The maximum absolute atomic E-state index is 4.43. The first-order valence-electron chi connectivity index (χ1n) is 7.45. The van der Waals surface area contributed by atoms with Crippen LogP contribution in [0.1, 0.15) is 20.3 Å². The van der Waals surface area contributed by atoms with Gasteiger partial charge in [-0.1, -0.05) is 19.9 Å². The fraction of sp³-hybridized carbons (Fsp3) is 0.667. The summed E-state index contributed by atoms with van der Waals surface area (Å²) in [5, 5.41) is 3.55. The van der Waals surface area contributed by atoms with Gasteiger partial charge in [0.05, 0.1) is 0 Å². The maximum Gasteiger partial charge on any atom is 0.128 e. The summed E-state index contributed by atoms with van der Waals surface area (Å²) >= 11 is 0. The lowest BCUT2D eigenvalue weighted by Crippen LogP contribution is -2.50. The summed E-state index contributed by atoms with van der Waals surface area (Å²) in [4.78, 5) is 9.37. The summed E-state index contributed by atoms with van der Waals surface area (Å²) < 4.78 is 0. The molecular formula is C15H26N4. The summed E-state index contributed by atoms with van der Waals surface area (Å²) in [6.45, 7) is 11.1. The van der Waals surface area contributed by atoms with Crippen molar-refractivity contribution in [3.05, 3.63) is 24.4 Å². The fourth-order valence-electron chi connectivity index (χ4n) is 2.64. The zero-order chi connectivity index (χ0) is 13.5. The smallest absolute Gasteiger partial charge is 0.128 e. The molecule has 2 heterocycles. The second kappa shape index (κ2) is 7.46. The molecule has 1 saturated heterocycles. The van der Waals surface area contributed by atoms with Gasteiger partial charge in [-0.25, -0.2) is 4.98 Å². The lowest BCUT2D eigenvalue weighted by atomic mass is 10.2. The minimum atomic E-state index is 0.631. The average molecular weight is 262 g/mol. The molecule has 19 heavy (non-hydrogen) atoms. The van der Waals surface area contributed by atoms with Crippen molar-refractivity contribution in [2.24, 2.45) is 0 Å². The molecule has 106 valence electrons. The van der Waals surface area contributed by atoms with Crippen molar-refractivity contribution in [3.63, 3.8) is 0 Å². The highest BCUT2D eigenvalue weighted by Crippen LogP contribution is 2.12.